The van der Waals surface area contributed by atoms with Crippen LogP contribution in [0.4, 0.5) is 0 Å². The lowest BCUT2D eigenvalue weighted by Crippen LogP contribution is -2.24. The fourth-order valence-electron chi connectivity index (χ4n) is 0.992. The molecule has 14 heavy (non-hydrogen) atoms. The minimum atomic E-state index is -0.756. The van der Waals surface area contributed by atoms with E-state index in [2.05, 4.69) is 9.99 Å². The molecule has 3 N–H and O–H groups in total. The van der Waals surface area contributed by atoms with Crippen molar-refractivity contribution in [1.82, 2.24) is 0 Å². The van der Waals surface area contributed by atoms with E-state index in [0.717, 1.165) is 0 Å². The van der Waals surface area contributed by atoms with Gasteiger partial charge in [-0.15, -0.1) is 0 Å². The van der Waals surface area contributed by atoms with Gasteiger partial charge < -0.3 is 15.7 Å². The number of carbonyl (C=O) groups excluding carboxylic acids is 1. The van der Waals surface area contributed by atoms with Gasteiger partial charge in [0.05, 0.1) is 5.56 Å². The molecule has 0 aliphatic heterocycles. The highest BCUT2D eigenvalue weighted by Gasteiger charge is 2.14. The van der Waals surface area contributed by atoms with Crippen LogP contribution in [0.2, 0.25) is 0 Å². The smallest absolute Gasteiger partial charge is 0.271 e. The van der Waals surface area contributed by atoms with Gasteiger partial charge in [0.1, 0.15) is 12.9 Å². The largest absolute Gasteiger partial charge is 0.507 e. The number of carbonyl (C=O) groups is 1. The highest BCUT2D eigenvalue weighted by molar-refractivity contribution is 6.45. The van der Waals surface area contributed by atoms with Crippen LogP contribution in [0.15, 0.2) is 29.4 Å². The van der Waals surface area contributed by atoms with Crippen LogP contribution in [0.3, 0.4) is 0 Å². The molecule has 5 nitrogen and oxygen atoms in total. The average Bonchev–Trinajstić information content (AvgIpc) is 2.15. The van der Waals surface area contributed by atoms with Crippen LogP contribution >= 0.6 is 0 Å². The minimum Gasteiger partial charge on any atom is -0.507 e. The molecule has 0 saturated heterocycles. The van der Waals surface area contributed by atoms with Crippen LogP contribution in [0.1, 0.15) is 5.56 Å². The normalized spacial score (nSPS) is 11.1. The summed E-state index contributed by atoms with van der Waals surface area (Å²) in [7, 11) is 1.29. The number of hydrogen-bond donors (Lipinski definition) is 2. The van der Waals surface area contributed by atoms with Gasteiger partial charge in [-0.25, -0.2) is 0 Å². The summed E-state index contributed by atoms with van der Waals surface area (Å²) < 4.78 is 0. The van der Waals surface area contributed by atoms with Crippen molar-refractivity contribution in [2.45, 2.75) is 0 Å². The molecule has 0 unspecified atom stereocenters. The Kier molecular flexibility index (Phi) is 3.06. The molecular weight excluding hydrogens is 184 g/mol. The van der Waals surface area contributed by atoms with Crippen molar-refractivity contribution < 1.29 is 14.7 Å². The molecule has 1 aromatic carbocycles. The second-order valence-electron chi connectivity index (χ2n) is 2.50. The summed E-state index contributed by atoms with van der Waals surface area (Å²) in [6, 6.07) is 6.24. The van der Waals surface area contributed by atoms with Crippen LogP contribution in [0.25, 0.3) is 0 Å². The minimum absolute atomic E-state index is 0.0675. The molecule has 0 bridgehead atoms. The molecule has 1 amide bonds. The Balaban J connectivity index is 3.19. The zero-order chi connectivity index (χ0) is 10.6. The second-order valence-corrected chi connectivity index (χ2v) is 2.50. The van der Waals surface area contributed by atoms with Crippen molar-refractivity contribution in [3.63, 3.8) is 0 Å². The number of primary amides is 1. The number of oxime groups is 1. The van der Waals surface area contributed by atoms with Crippen molar-refractivity contribution >= 4 is 11.6 Å². The summed E-state index contributed by atoms with van der Waals surface area (Å²) in [5.41, 5.74) is 5.21. The third-order valence-electron chi connectivity index (χ3n) is 1.58. The topological polar surface area (TPSA) is 84.9 Å². The molecular formula is C9H10N2O3. The Hall–Kier alpha value is -2.04. The van der Waals surface area contributed by atoms with Crippen LogP contribution in [-0.4, -0.2) is 23.8 Å². The average molecular weight is 194 g/mol. The number of phenolic OH excluding ortho intramolecular Hbond substituents is 1. The monoisotopic (exact) mass is 194 g/mol. The number of rotatable bonds is 3. The van der Waals surface area contributed by atoms with E-state index in [1.54, 1.807) is 12.1 Å². The molecule has 0 radical (unpaired) electrons. The maximum absolute atomic E-state index is 10.9. The van der Waals surface area contributed by atoms with E-state index in [1.165, 1.54) is 19.2 Å². The number of hydrogen-bond acceptors (Lipinski definition) is 4. The third-order valence-corrected chi connectivity index (χ3v) is 1.58. The van der Waals surface area contributed by atoms with Gasteiger partial charge in [0.15, 0.2) is 5.71 Å². The van der Waals surface area contributed by atoms with E-state index in [1.807, 2.05) is 0 Å². The number of amides is 1. The molecule has 0 heterocycles. The lowest BCUT2D eigenvalue weighted by molar-refractivity contribution is -0.112. The molecule has 0 fully saturated rings. The lowest BCUT2D eigenvalue weighted by Gasteiger charge is -2.03. The molecule has 0 aromatic heterocycles. The number of benzene rings is 1. The quantitative estimate of drug-likeness (QED) is 0.533. The molecule has 0 aliphatic carbocycles. The van der Waals surface area contributed by atoms with Gasteiger partial charge in [-0.2, -0.15) is 0 Å². The predicted octanol–water partition coefficient (Wildman–Crippen LogP) is 0.228. The Morgan fingerprint density at radius 1 is 1.50 bits per heavy atom. The number of para-hydroxylation sites is 1. The Morgan fingerprint density at radius 2 is 2.14 bits per heavy atom. The van der Waals surface area contributed by atoms with Crippen molar-refractivity contribution in [1.29, 1.82) is 0 Å². The first-order chi connectivity index (χ1) is 6.66. The maximum Gasteiger partial charge on any atom is 0.271 e. The van der Waals surface area contributed by atoms with Crippen molar-refractivity contribution in [3.8, 4) is 5.75 Å². The first kappa shape index (κ1) is 10.0. The fourth-order valence-corrected chi connectivity index (χ4v) is 0.992. The zero-order valence-corrected chi connectivity index (χ0v) is 7.60. The van der Waals surface area contributed by atoms with Crippen LogP contribution in [-0.2, 0) is 9.63 Å². The molecule has 0 atom stereocenters. The highest BCUT2D eigenvalue weighted by atomic mass is 16.6. The van der Waals surface area contributed by atoms with Gasteiger partial charge in [-0.3, -0.25) is 4.79 Å². The molecule has 0 aliphatic rings. The van der Waals surface area contributed by atoms with Gasteiger partial charge in [0, 0.05) is 0 Å². The first-order valence-corrected chi connectivity index (χ1v) is 3.86. The number of aromatic hydroxyl groups is 1. The van der Waals surface area contributed by atoms with Gasteiger partial charge in [0.25, 0.3) is 5.91 Å². The van der Waals surface area contributed by atoms with E-state index in [-0.39, 0.29) is 17.0 Å². The Bertz CT molecular complexity index is 374. The molecule has 1 aromatic rings. The summed E-state index contributed by atoms with van der Waals surface area (Å²) in [5, 5.41) is 12.8. The summed E-state index contributed by atoms with van der Waals surface area (Å²) in [6.45, 7) is 0. The molecule has 0 saturated carbocycles. The predicted molar refractivity (Wildman–Crippen MR) is 50.8 cm³/mol. The molecule has 74 valence electrons. The molecule has 1 rings (SSSR count). The van der Waals surface area contributed by atoms with Gasteiger partial charge in [-0.1, -0.05) is 17.3 Å². The Labute approximate surface area is 80.8 Å². The number of nitrogens with zero attached hydrogens (tertiary/aromatic N) is 1. The molecule has 5 heteroatoms. The van der Waals surface area contributed by atoms with Crippen LogP contribution in [0, 0.1) is 0 Å². The number of phenols is 1. The van der Waals surface area contributed by atoms with Crippen molar-refractivity contribution in [2.24, 2.45) is 10.9 Å². The number of nitrogens with two attached hydrogens (primary N) is 1. The van der Waals surface area contributed by atoms with E-state index >= 15 is 0 Å². The van der Waals surface area contributed by atoms with E-state index in [9.17, 15) is 9.90 Å². The van der Waals surface area contributed by atoms with E-state index < -0.39 is 5.91 Å². The standard InChI is InChI=1S/C9H10N2O3/c1-14-11-8(9(10)13)6-4-2-3-5-7(6)12/h2-5,12H,1H3,(H2,10,13). The second kappa shape index (κ2) is 4.27. The lowest BCUT2D eigenvalue weighted by atomic mass is 10.1. The van der Waals surface area contributed by atoms with Gasteiger partial charge in [0.2, 0.25) is 0 Å². The summed E-state index contributed by atoms with van der Waals surface area (Å²) in [4.78, 5) is 15.4. The maximum atomic E-state index is 10.9. The SMILES string of the molecule is CON=C(C(N)=O)c1ccccc1O. The van der Waals surface area contributed by atoms with Gasteiger partial charge in [-0.05, 0) is 12.1 Å². The summed E-state index contributed by atoms with van der Waals surface area (Å²) in [6.07, 6.45) is 0. The van der Waals surface area contributed by atoms with Gasteiger partial charge >= 0.3 is 0 Å². The van der Waals surface area contributed by atoms with E-state index in [0.29, 0.717) is 0 Å². The third kappa shape index (κ3) is 2.01. The Morgan fingerprint density at radius 3 is 2.64 bits per heavy atom. The first-order valence-electron chi connectivity index (χ1n) is 3.86. The fraction of sp³-hybridized carbons (Fsp3) is 0.111. The van der Waals surface area contributed by atoms with Crippen molar-refractivity contribution in [2.75, 3.05) is 7.11 Å². The van der Waals surface area contributed by atoms with E-state index in [4.69, 9.17) is 5.73 Å². The van der Waals surface area contributed by atoms with Crippen molar-refractivity contribution in [3.05, 3.63) is 29.8 Å². The van der Waals surface area contributed by atoms with Crippen LogP contribution < -0.4 is 5.73 Å². The van der Waals surface area contributed by atoms with Crippen LogP contribution in [0.5, 0.6) is 5.75 Å². The zero-order valence-electron chi connectivity index (χ0n) is 7.60. The summed E-state index contributed by atoms with van der Waals surface area (Å²) >= 11 is 0. The molecule has 0 spiro atoms. The summed E-state index contributed by atoms with van der Waals surface area (Å²) in [5.74, 6) is -0.824. The highest BCUT2D eigenvalue weighted by Crippen LogP contribution is 2.16.